The molecule has 0 aliphatic carbocycles. The molecule has 2 rings (SSSR count). The SMILES string of the molecule is NCCN1C(=O)CCCN1c1ccccc1F. The van der Waals surface area contributed by atoms with Gasteiger partial charge in [-0.25, -0.2) is 4.39 Å². The predicted molar refractivity (Wildman–Crippen MR) is 63.7 cm³/mol. The second-order valence-corrected chi connectivity index (χ2v) is 3.98. The van der Waals surface area contributed by atoms with Gasteiger partial charge in [0.25, 0.3) is 0 Å². The number of halogens is 1. The van der Waals surface area contributed by atoms with Gasteiger partial charge in [-0.15, -0.1) is 0 Å². The standard InChI is InChI=1S/C12H16FN3O/c13-10-4-1-2-5-11(10)15-8-3-6-12(17)16(15)9-7-14/h1-2,4-5H,3,6-9,14H2. The number of hydrogen-bond acceptors (Lipinski definition) is 3. The van der Waals surface area contributed by atoms with Crippen LogP contribution in [-0.4, -0.2) is 30.6 Å². The maximum Gasteiger partial charge on any atom is 0.241 e. The molecule has 1 aromatic carbocycles. The van der Waals surface area contributed by atoms with Crippen molar-refractivity contribution < 1.29 is 9.18 Å². The molecule has 4 nitrogen and oxygen atoms in total. The lowest BCUT2D eigenvalue weighted by molar-refractivity contribution is -0.133. The van der Waals surface area contributed by atoms with E-state index in [1.54, 1.807) is 28.2 Å². The van der Waals surface area contributed by atoms with Crippen LogP contribution in [0.25, 0.3) is 0 Å². The quantitative estimate of drug-likeness (QED) is 0.857. The van der Waals surface area contributed by atoms with Crippen molar-refractivity contribution in [2.45, 2.75) is 12.8 Å². The third kappa shape index (κ3) is 2.39. The first-order chi connectivity index (χ1) is 8.24. The predicted octanol–water partition coefficient (Wildman–Crippen LogP) is 1.13. The molecule has 1 fully saturated rings. The lowest BCUT2D eigenvalue weighted by Crippen LogP contribution is -2.52. The number of nitrogens with zero attached hydrogens (tertiary/aromatic N) is 2. The molecule has 1 heterocycles. The molecule has 0 aromatic heterocycles. The first kappa shape index (κ1) is 11.9. The van der Waals surface area contributed by atoms with E-state index in [2.05, 4.69) is 0 Å². The lowest BCUT2D eigenvalue weighted by Gasteiger charge is -2.39. The van der Waals surface area contributed by atoms with Gasteiger partial charge in [0.15, 0.2) is 0 Å². The first-order valence-electron chi connectivity index (χ1n) is 5.76. The van der Waals surface area contributed by atoms with Crippen LogP contribution in [0.15, 0.2) is 24.3 Å². The summed E-state index contributed by atoms with van der Waals surface area (Å²) in [4.78, 5) is 11.8. The van der Waals surface area contributed by atoms with Crippen LogP contribution in [0.2, 0.25) is 0 Å². The highest BCUT2D eigenvalue weighted by molar-refractivity contribution is 5.79. The van der Waals surface area contributed by atoms with Crippen LogP contribution in [-0.2, 0) is 4.79 Å². The highest BCUT2D eigenvalue weighted by atomic mass is 19.1. The molecule has 2 N–H and O–H groups in total. The zero-order valence-electron chi connectivity index (χ0n) is 9.60. The molecule has 1 aliphatic heterocycles. The molecule has 5 heteroatoms. The summed E-state index contributed by atoms with van der Waals surface area (Å²) in [6.45, 7) is 1.44. The topological polar surface area (TPSA) is 49.6 Å². The molecule has 0 atom stereocenters. The Morgan fingerprint density at radius 1 is 1.35 bits per heavy atom. The minimum absolute atomic E-state index is 0.00459. The van der Waals surface area contributed by atoms with Gasteiger partial charge in [0, 0.05) is 19.5 Å². The third-order valence-electron chi connectivity index (χ3n) is 2.81. The number of anilines is 1. The van der Waals surface area contributed by atoms with Crippen LogP contribution >= 0.6 is 0 Å². The minimum atomic E-state index is -0.316. The van der Waals surface area contributed by atoms with Crippen LogP contribution in [0.5, 0.6) is 0 Å². The van der Waals surface area contributed by atoms with Gasteiger partial charge >= 0.3 is 0 Å². The van der Waals surface area contributed by atoms with Crippen molar-refractivity contribution in [3.63, 3.8) is 0 Å². The van der Waals surface area contributed by atoms with Gasteiger partial charge in [-0.2, -0.15) is 0 Å². The van der Waals surface area contributed by atoms with E-state index >= 15 is 0 Å². The molecule has 0 saturated carbocycles. The summed E-state index contributed by atoms with van der Waals surface area (Å²) in [5.74, 6) is -0.311. The number of nitrogens with two attached hydrogens (primary N) is 1. The number of hydrazine groups is 1. The van der Waals surface area contributed by atoms with E-state index in [0.717, 1.165) is 6.42 Å². The fourth-order valence-corrected chi connectivity index (χ4v) is 2.04. The maximum absolute atomic E-state index is 13.7. The van der Waals surface area contributed by atoms with Crippen molar-refractivity contribution in [3.8, 4) is 0 Å². The van der Waals surface area contributed by atoms with Gasteiger partial charge in [-0.1, -0.05) is 12.1 Å². The van der Waals surface area contributed by atoms with Gasteiger partial charge in [0.2, 0.25) is 5.91 Å². The zero-order chi connectivity index (χ0) is 12.3. The average Bonchev–Trinajstić information content (AvgIpc) is 2.33. The fourth-order valence-electron chi connectivity index (χ4n) is 2.04. The van der Waals surface area contributed by atoms with Crippen molar-refractivity contribution in [2.24, 2.45) is 5.73 Å². The van der Waals surface area contributed by atoms with E-state index in [0.29, 0.717) is 31.7 Å². The highest BCUT2D eigenvalue weighted by Gasteiger charge is 2.26. The Hall–Kier alpha value is -1.62. The summed E-state index contributed by atoms with van der Waals surface area (Å²) in [5, 5.41) is 3.23. The molecule has 1 aliphatic rings. The molecular formula is C12H16FN3O. The molecule has 1 saturated heterocycles. The minimum Gasteiger partial charge on any atom is -0.329 e. The van der Waals surface area contributed by atoms with Crippen molar-refractivity contribution in [2.75, 3.05) is 24.6 Å². The van der Waals surface area contributed by atoms with Crippen molar-refractivity contribution in [1.29, 1.82) is 0 Å². The molecule has 0 radical (unpaired) electrons. The lowest BCUT2D eigenvalue weighted by atomic mass is 10.2. The Bertz CT molecular complexity index is 410. The second kappa shape index (κ2) is 5.14. The third-order valence-corrected chi connectivity index (χ3v) is 2.81. The molecule has 0 spiro atoms. The van der Waals surface area contributed by atoms with E-state index in [9.17, 15) is 9.18 Å². The summed E-state index contributed by atoms with van der Waals surface area (Å²) in [6.07, 6.45) is 1.25. The number of amides is 1. The summed E-state index contributed by atoms with van der Waals surface area (Å²) >= 11 is 0. The van der Waals surface area contributed by atoms with Gasteiger partial charge in [-0.3, -0.25) is 14.8 Å². The van der Waals surface area contributed by atoms with Gasteiger partial charge in [0.1, 0.15) is 5.82 Å². The van der Waals surface area contributed by atoms with Gasteiger partial charge in [-0.05, 0) is 18.6 Å². The van der Waals surface area contributed by atoms with Crippen molar-refractivity contribution in [3.05, 3.63) is 30.1 Å². The number of carbonyl (C=O) groups excluding carboxylic acids is 1. The second-order valence-electron chi connectivity index (χ2n) is 3.98. The Labute approximate surface area is 99.8 Å². The molecular weight excluding hydrogens is 221 g/mol. The van der Waals surface area contributed by atoms with Crippen molar-refractivity contribution in [1.82, 2.24) is 5.01 Å². The maximum atomic E-state index is 13.7. The number of hydrogen-bond donors (Lipinski definition) is 1. The fraction of sp³-hybridized carbons (Fsp3) is 0.417. The summed E-state index contributed by atoms with van der Waals surface area (Å²) in [7, 11) is 0. The van der Waals surface area contributed by atoms with Crippen LogP contribution in [0, 0.1) is 5.82 Å². The molecule has 92 valence electrons. The van der Waals surface area contributed by atoms with E-state index in [4.69, 9.17) is 5.73 Å². The van der Waals surface area contributed by atoms with Crippen LogP contribution in [0.4, 0.5) is 10.1 Å². The summed E-state index contributed by atoms with van der Waals surface area (Å²) < 4.78 is 13.7. The van der Waals surface area contributed by atoms with Gasteiger partial charge in [0.05, 0.1) is 12.2 Å². The Morgan fingerprint density at radius 2 is 2.12 bits per heavy atom. The van der Waals surface area contributed by atoms with E-state index < -0.39 is 0 Å². The largest absolute Gasteiger partial charge is 0.329 e. The van der Waals surface area contributed by atoms with E-state index in [-0.39, 0.29) is 11.7 Å². The Morgan fingerprint density at radius 3 is 2.82 bits per heavy atom. The average molecular weight is 237 g/mol. The Kier molecular flexibility index (Phi) is 3.58. The smallest absolute Gasteiger partial charge is 0.241 e. The van der Waals surface area contributed by atoms with E-state index in [1.165, 1.54) is 6.07 Å². The highest BCUT2D eigenvalue weighted by Crippen LogP contribution is 2.24. The van der Waals surface area contributed by atoms with Crippen molar-refractivity contribution >= 4 is 11.6 Å². The van der Waals surface area contributed by atoms with E-state index in [1.807, 2.05) is 0 Å². The molecule has 1 amide bonds. The molecule has 0 unspecified atom stereocenters. The number of para-hydroxylation sites is 1. The van der Waals surface area contributed by atoms with Gasteiger partial charge < -0.3 is 5.73 Å². The zero-order valence-corrected chi connectivity index (χ0v) is 9.60. The normalized spacial score (nSPS) is 16.5. The number of carbonyl (C=O) groups is 1. The first-order valence-corrected chi connectivity index (χ1v) is 5.76. The Balaban J connectivity index is 2.28. The monoisotopic (exact) mass is 237 g/mol. The number of benzene rings is 1. The summed E-state index contributed by atoms with van der Waals surface area (Å²) in [6, 6.07) is 6.47. The number of rotatable bonds is 3. The molecule has 0 bridgehead atoms. The summed E-state index contributed by atoms with van der Waals surface area (Å²) in [5.41, 5.74) is 5.92. The molecule has 1 aromatic rings. The van der Waals surface area contributed by atoms with Crippen LogP contribution in [0.1, 0.15) is 12.8 Å². The van der Waals surface area contributed by atoms with Crippen LogP contribution in [0.3, 0.4) is 0 Å². The molecule has 17 heavy (non-hydrogen) atoms. The van der Waals surface area contributed by atoms with Crippen LogP contribution < -0.4 is 10.7 Å².